The molecule has 2 rings (SSSR count). The number of hydrogen-bond acceptors (Lipinski definition) is 3. The number of anilines is 1. The third-order valence-electron chi connectivity index (χ3n) is 3.63. The smallest absolute Gasteiger partial charge is 0.319 e. The van der Waals surface area contributed by atoms with Gasteiger partial charge >= 0.3 is 6.03 Å². The molecule has 1 saturated heterocycles. The topological polar surface area (TPSA) is 82.3 Å². The van der Waals surface area contributed by atoms with Crippen LogP contribution in [0.4, 0.5) is 10.5 Å². The lowest BCUT2D eigenvalue weighted by Gasteiger charge is -2.24. The first-order chi connectivity index (χ1) is 11.2. The molecule has 1 heterocycles. The molecule has 0 atom stereocenters. The fraction of sp³-hybridized carbons (Fsp3) is 0.529. The molecule has 7 heteroatoms. The molecule has 0 spiro atoms. The number of rotatable bonds is 3. The Bertz CT molecular complexity index is 607. The monoisotopic (exact) mass is 352 g/mol. The van der Waals surface area contributed by atoms with Crippen molar-refractivity contribution in [1.29, 1.82) is 0 Å². The van der Waals surface area contributed by atoms with Crippen molar-refractivity contribution in [3.63, 3.8) is 0 Å². The summed E-state index contributed by atoms with van der Waals surface area (Å²) in [6, 6.07) is 4.71. The summed E-state index contributed by atoms with van der Waals surface area (Å²) in [5.41, 5.74) is 0.548. The largest absolute Gasteiger partial charge is 0.349 e. The Kier molecular flexibility index (Phi) is 6.07. The Labute approximate surface area is 147 Å². The van der Waals surface area contributed by atoms with Crippen LogP contribution in [-0.2, 0) is 0 Å². The van der Waals surface area contributed by atoms with Gasteiger partial charge in [0.15, 0.2) is 0 Å². The average Bonchev–Trinajstić information content (AvgIpc) is 2.48. The average molecular weight is 353 g/mol. The van der Waals surface area contributed by atoms with Gasteiger partial charge in [0.2, 0.25) is 0 Å². The normalized spacial score (nSPS) is 15.7. The highest BCUT2D eigenvalue weighted by Gasteiger charge is 2.19. The second kappa shape index (κ2) is 7.85. The standard InChI is InChI=1S/C17H25ClN4O2/c1-17(2,3)22-16(24)21-12-4-5-14(18)13(10-12)15(23)20-11-6-8-19-9-7-11/h4-5,10-11,19H,6-9H2,1-3H3,(H,20,23)(H2,21,22,24). The highest BCUT2D eigenvalue weighted by atomic mass is 35.5. The molecule has 0 saturated carbocycles. The quantitative estimate of drug-likeness (QED) is 0.675. The van der Waals surface area contributed by atoms with Gasteiger partial charge in [-0.15, -0.1) is 0 Å². The van der Waals surface area contributed by atoms with Crippen LogP contribution in [0.2, 0.25) is 5.02 Å². The summed E-state index contributed by atoms with van der Waals surface area (Å²) in [6.45, 7) is 7.48. The molecular formula is C17H25ClN4O2. The third kappa shape index (κ3) is 5.69. The molecule has 4 N–H and O–H groups in total. The van der Waals surface area contributed by atoms with Gasteiger partial charge in [-0.1, -0.05) is 11.6 Å². The van der Waals surface area contributed by atoms with Crippen molar-refractivity contribution in [3.8, 4) is 0 Å². The molecule has 3 amide bonds. The van der Waals surface area contributed by atoms with E-state index in [-0.39, 0.29) is 23.5 Å². The van der Waals surface area contributed by atoms with E-state index in [4.69, 9.17) is 11.6 Å². The Balaban J connectivity index is 2.04. The molecule has 0 aliphatic carbocycles. The maximum atomic E-state index is 12.5. The molecule has 1 aliphatic rings. The van der Waals surface area contributed by atoms with E-state index in [0.29, 0.717) is 16.3 Å². The van der Waals surface area contributed by atoms with Crippen LogP contribution in [-0.4, -0.2) is 36.6 Å². The van der Waals surface area contributed by atoms with E-state index in [1.54, 1.807) is 18.2 Å². The molecule has 0 radical (unpaired) electrons. The Morgan fingerprint density at radius 1 is 1.21 bits per heavy atom. The number of urea groups is 1. The number of benzene rings is 1. The lowest BCUT2D eigenvalue weighted by Crippen LogP contribution is -2.43. The van der Waals surface area contributed by atoms with Crippen molar-refractivity contribution in [2.75, 3.05) is 18.4 Å². The number of hydrogen-bond donors (Lipinski definition) is 4. The summed E-state index contributed by atoms with van der Waals surface area (Å²) < 4.78 is 0. The fourth-order valence-corrected chi connectivity index (χ4v) is 2.71. The molecule has 0 bridgehead atoms. The minimum Gasteiger partial charge on any atom is -0.349 e. The van der Waals surface area contributed by atoms with Gasteiger partial charge in [0, 0.05) is 17.3 Å². The van der Waals surface area contributed by atoms with Crippen LogP contribution in [0.3, 0.4) is 0 Å². The summed E-state index contributed by atoms with van der Waals surface area (Å²) in [6.07, 6.45) is 1.80. The first-order valence-corrected chi connectivity index (χ1v) is 8.53. The maximum absolute atomic E-state index is 12.5. The number of nitrogens with one attached hydrogen (secondary N) is 4. The molecule has 24 heavy (non-hydrogen) atoms. The van der Waals surface area contributed by atoms with E-state index in [1.165, 1.54) is 0 Å². The summed E-state index contributed by atoms with van der Waals surface area (Å²) in [7, 11) is 0. The second-order valence-corrected chi connectivity index (χ2v) is 7.43. The lowest BCUT2D eigenvalue weighted by molar-refractivity contribution is 0.0929. The predicted octanol–water partition coefficient (Wildman–Crippen LogP) is 2.74. The zero-order valence-electron chi connectivity index (χ0n) is 14.3. The van der Waals surface area contributed by atoms with Crippen LogP contribution < -0.4 is 21.3 Å². The molecule has 0 aromatic heterocycles. The second-order valence-electron chi connectivity index (χ2n) is 7.02. The van der Waals surface area contributed by atoms with Crippen molar-refractivity contribution in [3.05, 3.63) is 28.8 Å². The first kappa shape index (κ1) is 18.5. The van der Waals surface area contributed by atoms with Gasteiger partial charge in [0.05, 0.1) is 10.6 Å². The van der Waals surface area contributed by atoms with E-state index in [0.717, 1.165) is 25.9 Å². The van der Waals surface area contributed by atoms with Crippen molar-refractivity contribution in [2.24, 2.45) is 0 Å². The Morgan fingerprint density at radius 3 is 2.50 bits per heavy atom. The van der Waals surface area contributed by atoms with Crippen LogP contribution in [0.1, 0.15) is 44.0 Å². The van der Waals surface area contributed by atoms with Crippen LogP contribution in [0.5, 0.6) is 0 Å². The number of amides is 3. The third-order valence-corrected chi connectivity index (χ3v) is 3.96. The zero-order chi connectivity index (χ0) is 17.7. The van der Waals surface area contributed by atoms with E-state index in [2.05, 4.69) is 21.3 Å². The summed E-state index contributed by atoms with van der Waals surface area (Å²) in [5.74, 6) is -0.216. The van der Waals surface area contributed by atoms with E-state index < -0.39 is 0 Å². The molecule has 6 nitrogen and oxygen atoms in total. The van der Waals surface area contributed by atoms with E-state index in [1.807, 2.05) is 20.8 Å². The van der Waals surface area contributed by atoms with Crippen LogP contribution in [0.15, 0.2) is 18.2 Å². The highest BCUT2D eigenvalue weighted by molar-refractivity contribution is 6.34. The number of carbonyl (C=O) groups excluding carboxylic acids is 2. The van der Waals surface area contributed by atoms with Gasteiger partial charge in [-0.05, 0) is 64.9 Å². The van der Waals surface area contributed by atoms with E-state index in [9.17, 15) is 9.59 Å². The fourth-order valence-electron chi connectivity index (χ4n) is 2.51. The minimum absolute atomic E-state index is 0.149. The van der Waals surface area contributed by atoms with Crippen molar-refractivity contribution < 1.29 is 9.59 Å². The van der Waals surface area contributed by atoms with Crippen LogP contribution >= 0.6 is 11.6 Å². The number of carbonyl (C=O) groups is 2. The SMILES string of the molecule is CC(C)(C)NC(=O)Nc1ccc(Cl)c(C(=O)NC2CCNCC2)c1. The van der Waals surface area contributed by atoms with Gasteiger partial charge in [-0.2, -0.15) is 0 Å². The number of piperidine rings is 1. The predicted molar refractivity (Wildman–Crippen MR) is 96.7 cm³/mol. The Hall–Kier alpha value is -1.79. The Morgan fingerprint density at radius 2 is 1.88 bits per heavy atom. The van der Waals surface area contributed by atoms with Gasteiger partial charge in [0.25, 0.3) is 5.91 Å². The molecule has 1 aromatic carbocycles. The van der Waals surface area contributed by atoms with Crippen LogP contribution in [0, 0.1) is 0 Å². The molecule has 1 aliphatic heterocycles. The zero-order valence-corrected chi connectivity index (χ0v) is 15.1. The number of halogens is 1. The van der Waals surface area contributed by atoms with E-state index >= 15 is 0 Å². The molecule has 0 unspecified atom stereocenters. The molecule has 132 valence electrons. The van der Waals surface area contributed by atoms with Gasteiger partial charge in [-0.25, -0.2) is 4.79 Å². The lowest BCUT2D eigenvalue weighted by atomic mass is 10.1. The summed E-state index contributed by atoms with van der Waals surface area (Å²) in [5, 5.41) is 12.2. The van der Waals surface area contributed by atoms with Gasteiger partial charge in [0.1, 0.15) is 0 Å². The van der Waals surface area contributed by atoms with Crippen molar-refractivity contribution in [1.82, 2.24) is 16.0 Å². The minimum atomic E-state index is -0.342. The summed E-state index contributed by atoms with van der Waals surface area (Å²) >= 11 is 6.15. The van der Waals surface area contributed by atoms with Crippen molar-refractivity contribution in [2.45, 2.75) is 45.2 Å². The highest BCUT2D eigenvalue weighted by Crippen LogP contribution is 2.21. The maximum Gasteiger partial charge on any atom is 0.319 e. The summed E-state index contributed by atoms with van der Waals surface area (Å²) in [4.78, 5) is 24.4. The van der Waals surface area contributed by atoms with Gasteiger partial charge < -0.3 is 21.3 Å². The van der Waals surface area contributed by atoms with Crippen molar-refractivity contribution >= 4 is 29.2 Å². The van der Waals surface area contributed by atoms with Gasteiger partial charge in [-0.3, -0.25) is 4.79 Å². The molecule has 1 aromatic rings. The van der Waals surface area contributed by atoms with Crippen LogP contribution in [0.25, 0.3) is 0 Å². The molecular weight excluding hydrogens is 328 g/mol. The first-order valence-electron chi connectivity index (χ1n) is 8.15. The molecule has 1 fully saturated rings.